The molecule has 0 amide bonds. The second kappa shape index (κ2) is 38.3. The number of hydrogen-bond donors (Lipinski definition) is 4. The number of aliphatic hydroxyl groups is 3. The SMILES string of the molecule is CC/C=C\C/C=C\C/C=C\C/C=C\CCCCCCCCCCC(=O)OCC(COC1OC(C(=O)O)C(O)C(O)C1O)OC(=O)CCCCC/C=C\C/C=C\C/C=C\CC. The van der Waals surface area contributed by atoms with Gasteiger partial charge in [-0.15, -0.1) is 0 Å². The molecule has 1 rings (SSSR count). The molecule has 0 spiro atoms. The second-order valence-electron chi connectivity index (χ2n) is 15.1. The predicted octanol–water partition coefficient (Wildman–Crippen LogP) is 9.87. The molecule has 0 saturated carbocycles. The maximum atomic E-state index is 12.7. The number of esters is 2. The van der Waals surface area contributed by atoms with Gasteiger partial charge in [0.2, 0.25) is 0 Å². The molecule has 1 heterocycles. The molecule has 1 aliphatic heterocycles. The van der Waals surface area contributed by atoms with E-state index in [-0.39, 0.29) is 19.4 Å². The van der Waals surface area contributed by atoms with Crippen LogP contribution in [0.5, 0.6) is 0 Å². The molecule has 1 saturated heterocycles. The Balaban J connectivity index is 2.36. The number of ether oxygens (including phenoxy) is 4. The van der Waals surface area contributed by atoms with Gasteiger partial charge in [0.05, 0.1) is 6.61 Å². The van der Waals surface area contributed by atoms with E-state index in [0.29, 0.717) is 12.8 Å². The van der Waals surface area contributed by atoms with Crippen LogP contribution in [0.15, 0.2) is 85.1 Å². The quantitative estimate of drug-likeness (QED) is 0.0269. The number of aliphatic hydroxyl groups excluding tert-OH is 3. The van der Waals surface area contributed by atoms with Gasteiger partial charge in [0.25, 0.3) is 0 Å². The van der Waals surface area contributed by atoms with Crippen molar-refractivity contribution in [2.24, 2.45) is 0 Å². The maximum absolute atomic E-state index is 12.7. The third-order valence-corrected chi connectivity index (χ3v) is 9.74. The minimum atomic E-state index is -1.87. The zero-order valence-electron chi connectivity index (χ0n) is 36.7. The molecule has 0 aromatic carbocycles. The van der Waals surface area contributed by atoms with Crippen molar-refractivity contribution >= 4 is 17.9 Å². The number of hydrogen-bond acceptors (Lipinski definition) is 10. The maximum Gasteiger partial charge on any atom is 0.335 e. The molecule has 0 aliphatic carbocycles. The van der Waals surface area contributed by atoms with E-state index in [0.717, 1.165) is 89.9 Å². The summed E-state index contributed by atoms with van der Waals surface area (Å²) in [5.74, 6) is -2.51. The lowest BCUT2D eigenvalue weighted by Crippen LogP contribution is -2.60. The van der Waals surface area contributed by atoms with Gasteiger partial charge in [-0.2, -0.15) is 0 Å². The van der Waals surface area contributed by atoms with Gasteiger partial charge in [-0.05, 0) is 83.5 Å². The van der Waals surface area contributed by atoms with Gasteiger partial charge >= 0.3 is 17.9 Å². The van der Waals surface area contributed by atoms with E-state index in [1.165, 1.54) is 25.7 Å². The minimum Gasteiger partial charge on any atom is -0.479 e. The summed E-state index contributed by atoms with van der Waals surface area (Å²) in [5.41, 5.74) is 0. The first-order chi connectivity index (χ1) is 29.2. The standard InChI is InChI=1S/C49H78O11/c1-3-5-7-9-11-13-15-17-18-19-20-21-22-23-24-26-27-29-31-33-35-37-42(50)57-39-41(40-58-49-46(54)44(52)45(53)47(60-49)48(55)56)59-43(51)38-36-34-32-30-28-25-16-14-12-10-8-6-4-2/h5-8,11-14,17-18,20-21,25,28,41,44-47,49,52-54H,3-4,9-10,15-16,19,22-24,26-27,29-40H2,1-2H3,(H,55,56)/b7-5-,8-6-,13-11-,14-12-,18-17-,21-20-,28-25-. The van der Waals surface area contributed by atoms with E-state index >= 15 is 0 Å². The summed E-state index contributed by atoms with van der Waals surface area (Å²) in [4.78, 5) is 36.8. The van der Waals surface area contributed by atoms with Crippen molar-refractivity contribution in [3.05, 3.63) is 85.1 Å². The fourth-order valence-electron chi connectivity index (χ4n) is 6.24. The first kappa shape index (κ1) is 54.4. The van der Waals surface area contributed by atoms with Crippen LogP contribution in [0.3, 0.4) is 0 Å². The molecule has 0 aromatic rings. The third kappa shape index (κ3) is 29.6. The molecule has 0 radical (unpaired) electrons. The van der Waals surface area contributed by atoms with E-state index in [1.807, 2.05) is 0 Å². The number of carboxylic acid groups (broad SMARTS) is 1. The lowest BCUT2D eigenvalue weighted by atomic mass is 9.99. The highest BCUT2D eigenvalue weighted by Gasteiger charge is 2.47. The zero-order valence-corrected chi connectivity index (χ0v) is 36.7. The molecule has 340 valence electrons. The Hall–Kier alpha value is -3.61. The molecular weight excluding hydrogens is 765 g/mol. The summed E-state index contributed by atoms with van der Waals surface area (Å²) in [6, 6.07) is 0. The lowest BCUT2D eigenvalue weighted by molar-refractivity contribution is -0.298. The average Bonchev–Trinajstić information content (AvgIpc) is 3.23. The molecule has 60 heavy (non-hydrogen) atoms. The summed E-state index contributed by atoms with van der Waals surface area (Å²) in [6.07, 6.45) is 40.7. The van der Waals surface area contributed by atoms with Gasteiger partial charge in [0.1, 0.15) is 24.9 Å². The van der Waals surface area contributed by atoms with Crippen LogP contribution < -0.4 is 0 Å². The molecule has 0 aromatic heterocycles. The Morgan fingerprint density at radius 1 is 0.517 bits per heavy atom. The molecule has 6 unspecified atom stereocenters. The highest BCUT2D eigenvalue weighted by atomic mass is 16.7. The van der Waals surface area contributed by atoms with Gasteiger partial charge in [0.15, 0.2) is 18.5 Å². The van der Waals surface area contributed by atoms with Gasteiger partial charge in [0, 0.05) is 12.8 Å². The van der Waals surface area contributed by atoms with Crippen molar-refractivity contribution in [1.29, 1.82) is 0 Å². The monoisotopic (exact) mass is 843 g/mol. The Morgan fingerprint density at radius 2 is 0.933 bits per heavy atom. The van der Waals surface area contributed by atoms with Crippen LogP contribution in [0.4, 0.5) is 0 Å². The Morgan fingerprint density at radius 3 is 1.42 bits per heavy atom. The van der Waals surface area contributed by atoms with Gasteiger partial charge < -0.3 is 39.4 Å². The van der Waals surface area contributed by atoms with Crippen LogP contribution in [-0.4, -0.2) is 88.4 Å². The average molecular weight is 843 g/mol. The summed E-state index contributed by atoms with van der Waals surface area (Å²) in [6.45, 7) is 3.54. The molecule has 1 aliphatic rings. The summed E-state index contributed by atoms with van der Waals surface area (Å²) in [7, 11) is 0. The Labute approximate surface area is 361 Å². The van der Waals surface area contributed by atoms with Gasteiger partial charge in [-0.1, -0.05) is 144 Å². The van der Waals surface area contributed by atoms with Crippen LogP contribution >= 0.6 is 0 Å². The summed E-state index contributed by atoms with van der Waals surface area (Å²) >= 11 is 0. The number of allylic oxidation sites excluding steroid dienone is 14. The first-order valence-electron chi connectivity index (χ1n) is 22.6. The Kier molecular flexibility index (Phi) is 34.8. The number of aliphatic carboxylic acids is 1. The topological polar surface area (TPSA) is 169 Å². The highest BCUT2D eigenvalue weighted by Crippen LogP contribution is 2.23. The highest BCUT2D eigenvalue weighted by molar-refractivity contribution is 5.73. The second-order valence-corrected chi connectivity index (χ2v) is 15.1. The molecular formula is C49H78O11. The van der Waals surface area contributed by atoms with Crippen molar-refractivity contribution in [1.82, 2.24) is 0 Å². The normalized spacial score (nSPS) is 20.6. The van der Waals surface area contributed by atoms with E-state index in [9.17, 15) is 34.8 Å². The largest absolute Gasteiger partial charge is 0.479 e. The van der Waals surface area contributed by atoms with Crippen LogP contribution in [0, 0.1) is 0 Å². The van der Waals surface area contributed by atoms with E-state index < -0.39 is 61.3 Å². The fraction of sp³-hybridized carbons (Fsp3) is 0.653. The van der Waals surface area contributed by atoms with E-state index in [2.05, 4.69) is 98.9 Å². The van der Waals surface area contributed by atoms with Crippen LogP contribution in [0.1, 0.15) is 155 Å². The Bertz CT molecular complexity index is 1310. The van der Waals surface area contributed by atoms with Crippen molar-refractivity contribution in [3.63, 3.8) is 0 Å². The first-order valence-corrected chi connectivity index (χ1v) is 22.6. The van der Waals surface area contributed by atoms with Crippen LogP contribution in [0.2, 0.25) is 0 Å². The van der Waals surface area contributed by atoms with Crippen LogP contribution in [0.25, 0.3) is 0 Å². The number of carbonyl (C=O) groups excluding carboxylic acids is 2. The fourth-order valence-corrected chi connectivity index (χ4v) is 6.24. The molecule has 6 atom stereocenters. The number of rotatable bonds is 36. The summed E-state index contributed by atoms with van der Waals surface area (Å²) in [5, 5.41) is 39.8. The van der Waals surface area contributed by atoms with Gasteiger partial charge in [-0.25, -0.2) is 4.79 Å². The molecule has 0 bridgehead atoms. The van der Waals surface area contributed by atoms with E-state index in [4.69, 9.17) is 18.9 Å². The smallest absolute Gasteiger partial charge is 0.335 e. The third-order valence-electron chi connectivity index (χ3n) is 9.74. The van der Waals surface area contributed by atoms with Crippen molar-refractivity contribution < 1.29 is 53.8 Å². The van der Waals surface area contributed by atoms with E-state index in [1.54, 1.807) is 0 Å². The predicted molar refractivity (Wildman–Crippen MR) is 238 cm³/mol. The van der Waals surface area contributed by atoms with Crippen LogP contribution in [-0.2, 0) is 33.3 Å². The van der Waals surface area contributed by atoms with Crippen molar-refractivity contribution in [2.45, 2.75) is 192 Å². The summed E-state index contributed by atoms with van der Waals surface area (Å²) < 4.78 is 21.7. The van der Waals surface area contributed by atoms with Gasteiger partial charge in [-0.3, -0.25) is 9.59 Å². The molecule has 1 fully saturated rings. The number of unbranched alkanes of at least 4 members (excludes halogenated alkanes) is 11. The minimum absolute atomic E-state index is 0.141. The van der Waals surface area contributed by atoms with Crippen molar-refractivity contribution in [3.8, 4) is 0 Å². The number of carboxylic acids is 1. The zero-order chi connectivity index (χ0) is 43.9. The molecule has 11 heteroatoms. The number of carbonyl (C=O) groups is 3. The molecule has 11 nitrogen and oxygen atoms in total. The lowest BCUT2D eigenvalue weighted by Gasteiger charge is -2.38. The van der Waals surface area contributed by atoms with Crippen molar-refractivity contribution in [2.75, 3.05) is 13.2 Å². The molecule has 4 N–H and O–H groups in total.